The maximum Gasteiger partial charge on any atom is 0.231 e. The normalized spacial score (nSPS) is 19.7. The first-order valence-electron chi connectivity index (χ1n) is 7.53. The Morgan fingerprint density at radius 3 is 2.36 bits per heavy atom. The zero-order valence-electron chi connectivity index (χ0n) is 13.2. The second-order valence-electron chi connectivity index (χ2n) is 6.28. The molecule has 1 unspecified atom stereocenters. The van der Waals surface area contributed by atoms with Crippen molar-refractivity contribution in [1.82, 2.24) is 4.90 Å². The fraction of sp³-hybridized carbons (Fsp3) is 0.316. The van der Waals surface area contributed by atoms with E-state index in [1.165, 1.54) is 0 Å². The summed E-state index contributed by atoms with van der Waals surface area (Å²) in [7, 11) is 1.67. The van der Waals surface area contributed by atoms with E-state index in [1.807, 2.05) is 55.1 Å². The number of likely N-dealkylation sites (tertiary alicyclic amines) is 1. The van der Waals surface area contributed by atoms with Gasteiger partial charge in [0, 0.05) is 12.1 Å². The van der Waals surface area contributed by atoms with E-state index in [1.54, 1.807) is 7.11 Å². The SMILES string of the molecule is COc1ccccc1C1N(Cc2ccccc2)C(=O)C1(C)C. The summed E-state index contributed by atoms with van der Waals surface area (Å²) in [5, 5.41) is 0. The Hall–Kier alpha value is -2.29. The summed E-state index contributed by atoms with van der Waals surface area (Å²) in [6.45, 7) is 4.65. The summed E-state index contributed by atoms with van der Waals surface area (Å²) in [4.78, 5) is 14.5. The maximum atomic E-state index is 12.6. The number of methoxy groups -OCH3 is 1. The molecular formula is C19H21NO2. The number of benzene rings is 2. The Labute approximate surface area is 131 Å². The van der Waals surface area contributed by atoms with Crippen LogP contribution in [0.4, 0.5) is 0 Å². The van der Waals surface area contributed by atoms with Gasteiger partial charge in [-0.05, 0) is 25.5 Å². The van der Waals surface area contributed by atoms with E-state index >= 15 is 0 Å². The van der Waals surface area contributed by atoms with Crippen molar-refractivity contribution < 1.29 is 9.53 Å². The molecular weight excluding hydrogens is 274 g/mol. The molecule has 1 aliphatic heterocycles. The number of para-hydroxylation sites is 1. The molecule has 3 rings (SSSR count). The van der Waals surface area contributed by atoms with Crippen LogP contribution in [0, 0.1) is 5.41 Å². The second kappa shape index (κ2) is 5.48. The first kappa shape index (κ1) is 14.6. The van der Waals surface area contributed by atoms with Crippen LogP contribution >= 0.6 is 0 Å². The van der Waals surface area contributed by atoms with Gasteiger partial charge in [-0.1, -0.05) is 48.5 Å². The molecule has 1 heterocycles. The molecule has 1 fully saturated rings. The molecule has 0 aromatic heterocycles. The summed E-state index contributed by atoms with van der Waals surface area (Å²) in [6, 6.07) is 18.1. The highest BCUT2D eigenvalue weighted by atomic mass is 16.5. The Bertz CT molecular complexity index is 679. The van der Waals surface area contributed by atoms with Crippen molar-refractivity contribution in [3.05, 3.63) is 65.7 Å². The first-order valence-corrected chi connectivity index (χ1v) is 7.53. The van der Waals surface area contributed by atoms with E-state index in [2.05, 4.69) is 18.2 Å². The second-order valence-corrected chi connectivity index (χ2v) is 6.28. The van der Waals surface area contributed by atoms with Gasteiger partial charge in [0.1, 0.15) is 5.75 Å². The fourth-order valence-electron chi connectivity index (χ4n) is 3.32. The van der Waals surface area contributed by atoms with Crippen LogP contribution in [0.1, 0.15) is 31.0 Å². The van der Waals surface area contributed by atoms with E-state index in [4.69, 9.17) is 4.74 Å². The molecule has 1 aliphatic rings. The topological polar surface area (TPSA) is 29.5 Å². The van der Waals surface area contributed by atoms with Crippen LogP contribution in [0.15, 0.2) is 54.6 Å². The standard InChI is InChI=1S/C19H21NO2/c1-19(2)17(15-11-7-8-12-16(15)22-3)20(18(19)21)13-14-9-5-4-6-10-14/h4-12,17H,13H2,1-3H3. The summed E-state index contributed by atoms with van der Waals surface area (Å²) < 4.78 is 5.49. The molecule has 0 N–H and O–H groups in total. The third-order valence-electron chi connectivity index (χ3n) is 4.44. The molecule has 0 spiro atoms. The Morgan fingerprint density at radius 1 is 1.05 bits per heavy atom. The predicted octanol–water partition coefficient (Wildman–Crippen LogP) is 3.80. The Balaban J connectivity index is 1.94. The van der Waals surface area contributed by atoms with Gasteiger partial charge in [-0.25, -0.2) is 0 Å². The molecule has 1 amide bonds. The van der Waals surface area contributed by atoms with Crippen LogP contribution < -0.4 is 4.74 Å². The van der Waals surface area contributed by atoms with E-state index in [0.717, 1.165) is 16.9 Å². The molecule has 0 bridgehead atoms. The Kier molecular flexibility index (Phi) is 3.65. The zero-order chi connectivity index (χ0) is 15.7. The summed E-state index contributed by atoms with van der Waals surface area (Å²) in [5.74, 6) is 1.03. The smallest absolute Gasteiger partial charge is 0.231 e. The molecule has 3 nitrogen and oxygen atoms in total. The minimum atomic E-state index is -0.399. The van der Waals surface area contributed by atoms with Gasteiger partial charge in [0.2, 0.25) is 5.91 Å². The number of carbonyl (C=O) groups is 1. The minimum Gasteiger partial charge on any atom is -0.496 e. The van der Waals surface area contributed by atoms with Crippen LogP contribution in [0.5, 0.6) is 5.75 Å². The molecule has 3 heteroatoms. The highest BCUT2D eigenvalue weighted by molar-refractivity contribution is 5.90. The lowest BCUT2D eigenvalue weighted by Crippen LogP contribution is -2.60. The van der Waals surface area contributed by atoms with Gasteiger partial charge in [-0.3, -0.25) is 4.79 Å². The lowest BCUT2D eigenvalue weighted by atomic mass is 9.70. The van der Waals surface area contributed by atoms with Gasteiger partial charge >= 0.3 is 0 Å². The van der Waals surface area contributed by atoms with Crippen LogP contribution in [-0.4, -0.2) is 17.9 Å². The quantitative estimate of drug-likeness (QED) is 0.803. The summed E-state index contributed by atoms with van der Waals surface area (Å²) in [5.41, 5.74) is 1.82. The van der Waals surface area contributed by atoms with Crippen molar-refractivity contribution in [3.8, 4) is 5.75 Å². The number of β-lactam (4-membered cyclic amide) rings is 1. The van der Waals surface area contributed by atoms with Gasteiger partial charge in [0.05, 0.1) is 18.6 Å². The van der Waals surface area contributed by atoms with Crippen molar-refractivity contribution in [2.45, 2.75) is 26.4 Å². The number of hydrogen-bond donors (Lipinski definition) is 0. The van der Waals surface area contributed by atoms with Gasteiger partial charge in [-0.15, -0.1) is 0 Å². The molecule has 114 valence electrons. The molecule has 2 aromatic rings. The third kappa shape index (κ3) is 2.27. The van der Waals surface area contributed by atoms with Crippen molar-refractivity contribution in [3.63, 3.8) is 0 Å². The van der Waals surface area contributed by atoms with Gasteiger partial charge < -0.3 is 9.64 Å². The number of nitrogens with zero attached hydrogens (tertiary/aromatic N) is 1. The lowest BCUT2D eigenvalue weighted by Gasteiger charge is -2.53. The minimum absolute atomic E-state index is 0.0383. The van der Waals surface area contributed by atoms with Gasteiger partial charge in [0.15, 0.2) is 0 Å². The van der Waals surface area contributed by atoms with Crippen LogP contribution in [0.25, 0.3) is 0 Å². The Morgan fingerprint density at radius 2 is 1.68 bits per heavy atom. The van der Waals surface area contributed by atoms with Crippen molar-refractivity contribution in [1.29, 1.82) is 0 Å². The number of rotatable bonds is 4. The average Bonchev–Trinajstić information content (AvgIpc) is 2.55. The fourth-order valence-corrected chi connectivity index (χ4v) is 3.32. The van der Waals surface area contributed by atoms with E-state index in [0.29, 0.717) is 6.54 Å². The highest BCUT2D eigenvalue weighted by Gasteiger charge is 2.55. The highest BCUT2D eigenvalue weighted by Crippen LogP contribution is 2.52. The molecule has 0 aliphatic carbocycles. The number of ether oxygens (including phenoxy) is 1. The molecule has 0 radical (unpaired) electrons. The molecule has 1 saturated heterocycles. The number of carbonyl (C=O) groups excluding carboxylic acids is 1. The maximum absolute atomic E-state index is 12.6. The van der Waals surface area contributed by atoms with E-state index in [9.17, 15) is 4.79 Å². The first-order chi connectivity index (χ1) is 10.6. The molecule has 1 atom stereocenters. The summed E-state index contributed by atoms with van der Waals surface area (Å²) >= 11 is 0. The molecule has 0 saturated carbocycles. The van der Waals surface area contributed by atoms with E-state index in [-0.39, 0.29) is 11.9 Å². The predicted molar refractivity (Wildman–Crippen MR) is 86.5 cm³/mol. The van der Waals surface area contributed by atoms with Crippen molar-refractivity contribution in [2.24, 2.45) is 5.41 Å². The monoisotopic (exact) mass is 295 g/mol. The number of amides is 1. The van der Waals surface area contributed by atoms with Crippen LogP contribution in [-0.2, 0) is 11.3 Å². The zero-order valence-corrected chi connectivity index (χ0v) is 13.2. The van der Waals surface area contributed by atoms with Crippen LogP contribution in [0.3, 0.4) is 0 Å². The molecule has 2 aromatic carbocycles. The summed E-state index contributed by atoms with van der Waals surface area (Å²) in [6.07, 6.45) is 0. The molecule has 22 heavy (non-hydrogen) atoms. The van der Waals surface area contributed by atoms with E-state index < -0.39 is 5.41 Å². The van der Waals surface area contributed by atoms with Crippen molar-refractivity contribution >= 4 is 5.91 Å². The van der Waals surface area contributed by atoms with Crippen molar-refractivity contribution in [2.75, 3.05) is 7.11 Å². The lowest BCUT2D eigenvalue weighted by molar-refractivity contribution is -0.170. The third-order valence-corrected chi connectivity index (χ3v) is 4.44. The number of hydrogen-bond acceptors (Lipinski definition) is 2. The van der Waals surface area contributed by atoms with Gasteiger partial charge in [-0.2, -0.15) is 0 Å². The van der Waals surface area contributed by atoms with Gasteiger partial charge in [0.25, 0.3) is 0 Å². The van der Waals surface area contributed by atoms with Crippen LogP contribution in [0.2, 0.25) is 0 Å². The average molecular weight is 295 g/mol. The largest absolute Gasteiger partial charge is 0.496 e.